The van der Waals surface area contributed by atoms with Crippen LogP contribution in [0.5, 0.6) is 0 Å². The summed E-state index contributed by atoms with van der Waals surface area (Å²) in [4.78, 5) is 22.0. The molecule has 2 heterocycles. The number of carbonyl (C=O) groups excluding carboxylic acids is 2. The summed E-state index contributed by atoms with van der Waals surface area (Å²) in [6, 6.07) is 0. The van der Waals surface area contributed by atoms with Crippen molar-refractivity contribution >= 4 is 11.9 Å². The van der Waals surface area contributed by atoms with Crippen molar-refractivity contribution in [1.82, 2.24) is 5.32 Å². The van der Waals surface area contributed by atoms with E-state index in [1.54, 1.807) is 0 Å². The minimum Gasteiger partial charge on any atom is -0.465 e. The molecule has 0 bridgehead atoms. The topological polar surface area (TPSA) is 55.4 Å². The molecule has 2 rings (SSSR count). The molecule has 2 aliphatic rings. The van der Waals surface area contributed by atoms with Crippen LogP contribution in [0.1, 0.15) is 6.42 Å². The van der Waals surface area contributed by atoms with Gasteiger partial charge >= 0.3 is 5.97 Å². The van der Waals surface area contributed by atoms with E-state index in [-0.39, 0.29) is 23.7 Å². The molecule has 2 atom stereocenters. The largest absolute Gasteiger partial charge is 0.465 e. The van der Waals surface area contributed by atoms with Crippen molar-refractivity contribution in [2.45, 2.75) is 6.42 Å². The molecule has 2 fully saturated rings. The third-order valence-corrected chi connectivity index (χ3v) is 2.29. The average Bonchev–Trinajstić information content (AvgIpc) is 2.35. The molecule has 0 aromatic rings. The number of carbonyl (C=O) groups is 2. The van der Waals surface area contributed by atoms with Crippen LogP contribution in [-0.2, 0) is 14.3 Å². The maximum Gasteiger partial charge on any atom is 0.311 e. The third-order valence-electron chi connectivity index (χ3n) is 2.29. The predicted molar refractivity (Wildman–Crippen MR) is 35.6 cm³/mol. The zero-order chi connectivity index (χ0) is 7.84. The Morgan fingerprint density at radius 1 is 1.36 bits per heavy atom. The van der Waals surface area contributed by atoms with Gasteiger partial charge in [-0.1, -0.05) is 0 Å². The average molecular weight is 155 g/mol. The summed E-state index contributed by atoms with van der Waals surface area (Å²) in [6.07, 6.45) is 0.683. The number of cyclic esters (lactones) is 1. The third kappa shape index (κ3) is 0.895. The molecular formula is C7H9NO3. The summed E-state index contributed by atoms with van der Waals surface area (Å²) in [5.74, 6) is -0.543. The van der Waals surface area contributed by atoms with Gasteiger partial charge in [-0.3, -0.25) is 9.59 Å². The molecule has 2 aliphatic heterocycles. The minimum atomic E-state index is -0.223. The normalized spacial score (nSPS) is 36.0. The van der Waals surface area contributed by atoms with Crippen molar-refractivity contribution in [2.24, 2.45) is 11.8 Å². The molecule has 1 amide bonds. The Balaban J connectivity index is 2.19. The first-order chi connectivity index (χ1) is 5.29. The molecule has 0 radical (unpaired) electrons. The van der Waals surface area contributed by atoms with Crippen molar-refractivity contribution in [3.8, 4) is 0 Å². The van der Waals surface area contributed by atoms with Crippen LogP contribution < -0.4 is 5.32 Å². The number of nitrogens with one attached hydrogen (secondary N) is 1. The van der Waals surface area contributed by atoms with Gasteiger partial charge < -0.3 is 10.1 Å². The van der Waals surface area contributed by atoms with E-state index in [4.69, 9.17) is 4.74 Å². The molecule has 0 aliphatic carbocycles. The molecular weight excluding hydrogens is 146 g/mol. The maximum absolute atomic E-state index is 11.0. The Kier molecular flexibility index (Phi) is 1.34. The number of rotatable bonds is 0. The van der Waals surface area contributed by atoms with Gasteiger partial charge in [0.1, 0.15) is 0 Å². The van der Waals surface area contributed by atoms with Crippen LogP contribution in [0.3, 0.4) is 0 Å². The highest BCUT2D eigenvalue weighted by molar-refractivity contribution is 5.89. The van der Waals surface area contributed by atoms with E-state index in [0.29, 0.717) is 19.6 Å². The van der Waals surface area contributed by atoms with Crippen molar-refractivity contribution in [1.29, 1.82) is 0 Å². The van der Waals surface area contributed by atoms with E-state index in [2.05, 4.69) is 5.32 Å². The fraction of sp³-hybridized carbons (Fsp3) is 0.714. The molecule has 0 aromatic heterocycles. The fourth-order valence-corrected chi connectivity index (χ4v) is 1.64. The second-order valence-corrected chi connectivity index (χ2v) is 2.91. The van der Waals surface area contributed by atoms with Crippen LogP contribution in [0.15, 0.2) is 0 Å². The number of esters is 1. The van der Waals surface area contributed by atoms with E-state index < -0.39 is 0 Å². The highest BCUT2D eigenvalue weighted by atomic mass is 16.5. The van der Waals surface area contributed by atoms with Gasteiger partial charge in [0.05, 0.1) is 18.4 Å². The second-order valence-electron chi connectivity index (χ2n) is 2.91. The van der Waals surface area contributed by atoms with Crippen LogP contribution in [0.2, 0.25) is 0 Å². The predicted octanol–water partition coefficient (Wildman–Crippen LogP) is -0.705. The zero-order valence-electron chi connectivity index (χ0n) is 6.00. The van der Waals surface area contributed by atoms with Gasteiger partial charge in [0, 0.05) is 6.54 Å². The van der Waals surface area contributed by atoms with E-state index in [1.165, 1.54) is 0 Å². The Labute approximate surface area is 63.9 Å². The van der Waals surface area contributed by atoms with Crippen molar-refractivity contribution in [2.75, 3.05) is 13.2 Å². The summed E-state index contributed by atoms with van der Waals surface area (Å²) < 4.78 is 4.81. The Morgan fingerprint density at radius 2 is 2.18 bits per heavy atom. The first-order valence-corrected chi connectivity index (χ1v) is 3.73. The molecule has 4 nitrogen and oxygen atoms in total. The summed E-state index contributed by atoms with van der Waals surface area (Å²) >= 11 is 0. The number of hydrogen-bond acceptors (Lipinski definition) is 3. The Morgan fingerprint density at radius 3 is 2.91 bits per heavy atom. The molecule has 0 spiro atoms. The van der Waals surface area contributed by atoms with Gasteiger partial charge in [0.25, 0.3) is 0 Å². The molecule has 4 heteroatoms. The van der Waals surface area contributed by atoms with E-state index in [1.807, 2.05) is 0 Å². The van der Waals surface area contributed by atoms with Gasteiger partial charge in [0.2, 0.25) is 5.91 Å². The fourth-order valence-electron chi connectivity index (χ4n) is 1.64. The molecule has 11 heavy (non-hydrogen) atoms. The van der Waals surface area contributed by atoms with Crippen molar-refractivity contribution in [3.05, 3.63) is 0 Å². The van der Waals surface area contributed by atoms with Gasteiger partial charge in [-0.25, -0.2) is 0 Å². The lowest BCUT2D eigenvalue weighted by molar-refractivity contribution is -0.156. The standard InChI is InChI=1S/C7H9NO3/c9-6-4-1-2-11-7(10)5(4)3-8-6/h4-5H,1-3H2,(H,8,9). The monoisotopic (exact) mass is 155 g/mol. The smallest absolute Gasteiger partial charge is 0.311 e. The highest BCUT2D eigenvalue weighted by Crippen LogP contribution is 2.26. The highest BCUT2D eigenvalue weighted by Gasteiger charge is 2.42. The van der Waals surface area contributed by atoms with E-state index in [9.17, 15) is 9.59 Å². The SMILES string of the molecule is O=C1NCC2C(=O)OCCC12. The zero-order valence-corrected chi connectivity index (χ0v) is 6.00. The molecule has 1 N–H and O–H groups in total. The molecule has 0 saturated carbocycles. The number of fused-ring (bicyclic) bond motifs is 1. The lowest BCUT2D eigenvalue weighted by atomic mass is 9.91. The molecule has 2 unspecified atom stereocenters. The number of ether oxygens (including phenoxy) is 1. The Bertz CT molecular complexity index is 214. The summed E-state index contributed by atoms with van der Waals surface area (Å²) in [5, 5.41) is 2.65. The Hall–Kier alpha value is -1.06. The van der Waals surface area contributed by atoms with Crippen LogP contribution in [0, 0.1) is 11.8 Å². The molecule has 0 aromatic carbocycles. The van der Waals surface area contributed by atoms with Gasteiger partial charge in [0.15, 0.2) is 0 Å². The van der Waals surface area contributed by atoms with Crippen LogP contribution >= 0.6 is 0 Å². The van der Waals surface area contributed by atoms with Gasteiger partial charge in [-0.2, -0.15) is 0 Å². The van der Waals surface area contributed by atoms with Crippen LogP contribution in [0.4, 0.5) is 0 Å². The van der Waals surface area contributed by atoms with Crippen molar-refractivity contribution in [3.63, 3.8) is 0 Å². The summed E-state index contributed by atoms with van der Waals surface area (Å²) in [7, 11) is 0. The number of hydrogen-bond donors (Lipinski definition) is 1. The lowest BCUT2D eigenvalue weighted by Gasteiger charge is -2.20. The van der Waals surface area contributed by atoms with Gasteiger partial charge in [-0.05, 0) is 6.42 Å². The van der Waals surface area contributed by atoms with Gasteiger partial charge in [-0.15, -0.1) is 0 Å². The van der Waals surface area contributed by atoms with Crippen LogP contribution in [0.25, 0.3) is 0 Å². The molecule has 60 valence electrons. The van der Waals surface area contributed by atoms with Crippen molar-refractivity contribution < 1.29 is 14.3 Å². The first-order valence-electron chi connectivity index (χ1n) is 3.73. The quantitative estimate of drug-likeness (QED) is 0.470. The summed E-state index contributed by atoms with van der Waals surface area (Å²) in [5.41, 5.74) is 0. The lowest BCUT2D eigenvalue weighted by Crippen LogP contribution is -2.32. The van der Waals surface area contributed by atoms with E-state index in [0.717, 1.165) is 0 Å². The first kappa shape index (κ1) is 6.64. The second kappa shape index (κ2) is 2.22. The maximum atomic E-state index is 11.0. The summed E-state index contributed by atoms with van der Waals surface area (Å²) in [6.45, 7) is 0.857. The van der Waals surface area contributed by atoms with E-state index >= 15 is 0 Å². The number of amides is 1. The molecule has 2 saturated heterocycles. The minimum absolute atomic E-state index is 0.00616. The van der Waals surface area contributed by atoms with Crippen LogP contribution in [-0.4, -0.2) is 25.0 Å².